The Morgan fingerprint density at radius 3 is 2.04 bits per heavy atom. The maximum absolute atomic E-state index is 11.8. The van der Waals surface area contributed by atoms with E-state index >= 15 is 0 Å². The van der Waals surface area contributed by atoms with Crippen LogP contribution in [0.15, 0.2) is 30.3 Å². The third kappa shape index (κ3) is 2.77. The Morgan fingerprint density at radius 2 is 1.46 bits per heavy atom. The molecule has 0 saturated heterocycles. The van der Waals surface area contributed by atoms with E-state index in [0.29, 0.717) is 16.3 Å². The van der Waals surface area contributed by atoms with Gasteiger partial charge in [-0.15, -0.1) is 0 Å². The number of aromatic carboxylic acids is 2. The highest BCUT2D eigenvalue weighted by Gasteiger charge is 2.50. The lowest BCUT2D eigenvalue weighted by Gasteiger charge is -2.54. The summed E-state index contributed by atoms with van der Waals surface area (Å²) in [6, 6.07) is 8.07. The first-order valence-electron chi connectivity index (χ1n) is 9.99. The van der Waals surface area contributed by atoms with Gasteiger partial charge in [-0.05, 0) is 85.3 Å². The molecule has 0 aliphatic heterocycles. The van der Waals surface area contributed by atoms with E-state index in [4.69, 9.17) is 0 Å². The van der Waals surface area contributed by atoms with Crippen molar-refractivity contribution in [1.29, 1.82) is 0 Å². The second-order valence-electron chi connectivity index (χ2n) is 8.98. The monoisotopic (exact) mass is 374 g/mol. The van der Waals surface area contributed by atoms with Crippen LogP contribution in [0.3, 0.4) is 0 Å². The fraction of sp³-hybridized carbons (Fsp3) is 0.417. The number of benzene rings is 2. The van der Waals surface area contributed by atoms with Crippen molar-refractivity contribution >= 4 is 22.7 Å². The van der Waals surface area contributed by atoms with E-state index in [9.17, 15) is 19.8 Å². The zero-order valence-corrected chi connectivity index (χ0v) is 15.6. The summed E-state index contributed by atoms with van der Waals surface area (Å²) in [5.74, 6) is 7.05. The fourth-order valence-electron chi connectivity index (χ4n) is 6.29. The summed E-state index contributed by atoms with van der Waals surface area (Å²) in [7, 11) is 0. The average Bonchev–Trinajstić information content (AvgIpc) is 2.64. The first-order chi connectivity index (χ1) is 13.4. The molecule has 0 unspecified atom stereocenters. The van der Waals surface area contributed by atoms with Gasteiger partial charge in [-0.1, -0.05) is 24.0 Å². The van der Waals surface area contributed by atoms with Gasteiger partial charge in [0.15, 0.2) is 0 Å². The fourth-order valence-corrected chi connectivity index (χ4v) is 6.29. The van der Waals surface area contributed by atoms with Gasteiger partial charge in [-0.2, -0.15) is 0 Å². The summed E-state index contributed by atoms with van der Waals surface area (Å²) in [6.07, 6.45) is 7.52. The molecule has 2 aromatic carbocycles. The van der Waals surface area contributed by atoms with Crippen molar-refractivity contribution in [2.75, 3.05) is 0 Å². The Bertz CT molecular complexity index is 1030. The Morgan fingerprint density at radius 1 is 0.857 bits per heavy atom. The molecule has 28 heavy (non-hydrogen) atoms. The molecule has 0 radical (unpaired) electrons. The topological polar surface area (TPSA) is 74.6 Å². The highest BCUT2D eigenvalue weighted by atomic mass is 16.4. The van der Waals surface area contributed by atoms with Crippen molar-refractivity contribution < 1.29 is 19.8 Å². The Labute approximate surface area is 163 Å². The molecule has 4 bridgehead atoms. The normalized spacial score (nSPS) is 30.1. The molecule has 0 amide bonds. The molecule has 6 rings (SSSR count). The predicted molar refractivity (Wildman–Crippen MR) is 105 cm³/mol. The van der Waals surface area contributed by atoms with Crippen LogP contribution in [0.5, 0.6) is 0 Å². The maximum atomic E-state index is 11.8. The van der Waals surface area contributed by atoms with E-state index in [2.05, 4.69) is 11.8 Å². The number of hydrogen-bond acceptors (Lipinski definition) is 2. The minimum atomic E-state index is -1.06. The van der Waals surface area contributed by atoms with Crippen LogP contribution in [0.4, 0.5) is 0 Å². The Kier molecular flexibility index (Phi) is 3.77. The molecule has 4 heteroatoms. The molecule has 4 saturated carbocycles. The van der Waals surface area contributed by atoms with Crippen LogP contribution in [0, 0.1) is 35.0 Å². The lowest BCUT2D eigenvalue weighted by Crippen LogP contribution is -2.45. The second-order valence-corrected chi connectivity index (χ2v) is 8.98. The van der Waals surface area contributed by atoms with Crippen molar-refractivity contribution in [1.82, 2.24) is 0 Å². The predicted octanol–water partition coefficient (Wildman–Crippen LogP) is 4.80. The number of rotatable bonds is 2. The number of fused-ring (bicyclic) bond motifs is 1. The minimum Gasteiger partial charge on any atom is -0.478 e. The first kappa shape index (κ1) is 17.3. The van der Waals surface area contributed by atoms with Crippen LogP contribution in [0.25, 0.3) is 10.8 Å². The quantitative estimate of drug-likeness (QED) is 0.740. The molecule has 4 aliphatic carbocycles. The van der Waals surface area contributed by atoms with E-state index in [-0.39, 0.29) is 16.5 Å². The molecule has 2 aromatic rings. The summed E-state index contributed by atoms with van der Waals surface area (Å²) >= 11 is 0. The Hall–Kier alpha value is -2.80. The first-order valence-corrected chi connectivity index (χ1v) is 9.99. The highest BCUT2D eigenvalue weighted by molar-refractivity contribution is 6.11. The number of hydrogen-bond donors (Lipinski definition) is 2. The van der Waals surface area contributed by atoms with Crippen molar-refractivity contribution in [3.8, 4) is 11.8 Å². The molecule has 0 atom stereocenters. The smallest absolute Gasteiger partial charge is 0.336 e. The summed E-state index contributed by atoms with van der Waals surface area (Å²) in [6.45, 7) is 0. The van der Waals surface area contributed by atoms with Crippen LogP contribution in [-0.2, 0) is 0 Å². The third-order valence-corrected chi connectivity index (χ3v) is 6.97. The minimum absolute atomic E-state index is 0.0689. The molecule has 4 aliphatic rings. The lowest BCUT2D eigenvalue weighted by molar-refractivity contribution is -0.0181. The van der Waals surface area contributed by atoms with E-state index in [1.807, 2.05) is 0 Å². The van der Waals surface area contributed by atoms with Gasteiger partial charge in [-0.25, -0.2) is 9.59 Å². The third-order valence-electron chi connectivity index (χ3n) is 6.97. The molecule has 0 spiro atoms. The van der Waals surface area contributed by atoms with Crippen molar-refractivity contribution in [2.24, 2.45) is 23.2 Å². The Balaban J connectivity index is 1.61. The van der Waals surface area contributed by atoms with Gasteiger partial charge in [-0.3, -0.25) is 0 Å². The number of carbonyl (C=O) groups is 2. The maximum Gasteiger partial charge on any atom is 0.336 e. The van der Waals surface area contributed by atoms with Gasteiger partial charge in [0.1, 0.15) is 0 Å². The number of carboxylic acids is 2. The summed E-state index contributed by atoms with van der Waals surface area (Å²) < 4.78 is 0. The van der Waals surface area contributed by atoms with Gasteiger partial charge < -0.3 is 10.2 Å². The lowest BCUT2D eigenvalue weighted by atomic mass is 9.50. The van der Waals surface area contributed by atoms with E-state index < -0.39 is 11.9 Å². The molecule has 4 nitrogen and oxygen atoms in total. The van der Waals surface area contributed by atoms with Crippen molar-refractivity contribution in [3.63, 3.8) is 0 Å². The van der Waals surface area contributed by atoms with Crippen molar-refractivity contribution in [3.05, 3.63) is 47.0 Å². The summed E-state index contributed by atoms with van der Waals surface area (Å²) in [5.41, 5.74) is 0.877. The van der Waals surface area contributed by atoms with Gasteiger partial charge in [0.05, 0.1) is 11.1 Å². The average molecular weight is 374 g/mol. The molecule has 2 N–H and O–H groups in total. The van der Waals surface area contributed by atoms with E-state index in [0.717, 1.165) is 37.0 Å². The molecule has 142 valence electrons. The molecule has 0 aromatic heterocycles. The molecule has 0 heterocycles. The van der Waals surface area contributed by atoms with Crippen LogP contribution in [0.2, 0.25) is 0 Å². The number of carboxylic acid groups (broad SMARTS) is 2. The van der Waals surface area contributed by atoms with Crippen LogP contribution in [-0.4, -0.2) is 22.2 Å². The van der Waals surface area contributed by atoms with Crippen LogP contribution < -0.4 is 0 Å². The molecular formula is C24H22O4. The molecule has 4 fully saturated rings. The van der Waals surface area contributed by atoms with Gasteiger partial charge in [0.25, 0.3) is 0 Å². The van der Waals surface area contributed by atoms with Crippen LogP contribution in [0.1, 0.15) is 64.8 Å². The van der Waals surface area contributed by atoms with Gasteiger partial charge >= 0.3 is 11.9 Å². The van der Waals surface area contributed by atoms with Crippen LogP contribution >= 0.6 is 0 Å². The second kappa shape index (κ2) is 6.10. The largest absolute Gasteiger partial charge is 0.478 e. The van der Waals surface area contributed by atoms with Gasteiger partial charge in [0, 0.05) is 11.0 Å². The SMILES string of the molecule is O=C(O)c1cc(C#CC23CC4CC(CC(C4)C2)C3)cc2c(C(=O)O)cccc12. The van der Waals surface area contributed by atoms with E-state index in [1.165, 1.54) is 25.3 Å². The molecular weight excluding hydrogens is 352 g/mol. The van der Waals surface area contributed by atoms with E-state index in [1.54, 1.807) is 24.3 Å². The van der Waals surface area contributed by atoms with Gasteiger partial charge in [0.2, 0.25) is 0 Å². The summed E-state index contributed by atoms with van der Waals surface area (Å²) in [4.78, 5) is 23.4. The van der Waals surface area contributed by atoms with Crippen molar-refractivity contribution in [2.45, 2.75) is 38.5 Å². The zero-order chi connectivity index (χ0) is 19.5. The standard InChI is InChI=1S/C24H22O4/c25-22(26)19-3-1-2-18-20(19)9-14(10-21(18)23(27)28)4-5-24-11-15-6-16(12-24)8-17(7-15)13-24/h1-3,9-10,15-17H,6-8,11-13H2,(H,25,26)(H,27,28). The zero-order valence-electron chi connectivity index (χ0n) is 15.6. The highest BCUT2D eigenvalue weighted by Crippen LogP contribution is 2.59. The summed E-state index contributed by atoms with van der Waals surface area (Å²) in [5, 5.41) is 20.0.